The van der Waals surface area contributed by atoms with E-state index < -0.39 is 11.9 Å². The fraction of sp³-hybridized carbons (Fsp3) is 0.700. The van der Waals surface area contributed by atoms with Gasteiger partial charge in [-0.3, -0.25) is 4.90 Å². The Balaban J connectivity index is 1.80. The molecule has 1 aromatic carbocycles. The number of aliphatic hydroxyl groups is 1. The number of hydrogen-bond acceptors (Lipinski definition) is 5. The van der Waals surface area contributed by atoms with Gasteiger partial charge in [-0.1, -0.05) is 0 Å². The molecule has 1 N–H and O–H groups in total. The fourth-order valence-electron chi connectivity index (χ4n) is 5.91. The number of likely N-dealkylation sites (N-methyl/N-ethyl adjacent to an activating group) is 1. The minimum absolute atomic E-state index is 0.0378. The normalized spacial score (nSPS) is 38.7. The minimum atomic E-state index is -0.944. The second-order valence-electron chi connectivity index (χ2n) is 8.27. The molecule has 4 aliphatic rings. The highest BCUT2D eigenvalue weighted by Crippen LogP contribution is 2.63. The molecule has 1 saturated carbocycles. The van der Waals surface area contributed by atoms with Gasteiger partial charge in [0, 0.05) is 37.1 Å². The van der Waals surface area contributed by atoms with E-state index in [1.807, 2.05) is 0 Å². The molecule has 2 heterocycles. The van der Waals surface area contributed by atoms with Crippen molar-refractivity contribution < 1.29 is 19.3 Å². The number of nitrogens with zero attached hydrogens (tertiary/aromatic N) is 1. The number of aliphatic hydroxyl groups excluding tert-OH is 1. The highest BCUT2D eigenvalue weighted by Gasteiger charge is 2.60. The molecule has 5 heteroatoms. The van der Waals surface area contributed by atoms with Crippen LogP contribution < -0.4 is 9.47 Å². The third kappa shape index (κ3) is 1.89. The van der Waals surface area contributed by atoms with Gasteiger partial charge >= 0.3 is 0 Å². The summed E-state index contributed by atoms with van der Waals surface area (Å²) in [5, 5.41) is 10.7. The van der Waals surface area contributed by atoms with E-state index in [1.165, 1.54) is 16.7 Å². The Morgan fingerprint density at radius 2 is 2.08 bits per heavy atom. The van der Waals surface area contributed by atoms with Gasteiger partial charge in [-0.25, -0.2) is 0 Å². The van der Waals surface area contributed by atoms with Gasteiger partial charge in [-0.05, 0) is 56.3 Å². The molecule has 3 unspecified atom stereocenters. The smallest absolute Gasteiger partial charge is 0.237 e. The topological polar surface area (TPSA) is 51.2 Å². The summed E-state index contributed by atoms with van der Waals surface area (Å²) < 4.78 is 17.9. The SMILES string of the molecule is COc1cc2c3c4c1OC1(OC)CC4(CCC1O)CC[C@H]3N(C)CC2. The van der Waals surface area contributed by atoms with E-state index in [0.29, 0.717) is 6.04 Å². The van der Waals surface area contributed by atoms with Crippen LogP contribution in [0.4, 0.5) is 0 Å². The molecule has 0 saturated heterocycles. The largest absolute Gasteiger partial charge is 0.493 e. The van der Waals surface area contributed by atoms with Crippen LogP contribution in [0, 0.1) is 0 Å². The standard InChI is InChI=1S/C20H27NO4/c1-21-9-6-12-10-14(23-2)18-17-16(12)13(21)4-7-19(17)8-5-15(22)20(11-19,24-3)25-18/h10,13,15,22H,4-9,11H2,1-3H3/t13-,15?,19?,20?/m1/s1. The van der Waals surface area contributed by atoms with Crippen molar-refractivity contribution in [1.82, 2.24) is 4.90 Å². The summed E-state index contributed by atoms with van der Waals surface area (Å²) in [6.45, 7) is 1.09. The van der Waals surface area contributed by atoms with Crippen LogP contribution in [0.25, 0.3) is 0 Å². The molecule has 0 radical (unpaired) electrons. The molecule has 2 aliphatic carbocycles. The van der Waals surface area contributed by atoms with Crippen molar-refractivity contribution in [2.24, 2.45) is 0 Å². The lowest BCUT2D eigenvalue weighted by Crippen LogP contribution is -2.61. The van der Waals surface area contributed by atoms with Crippen LogP contribution in [0.1, 0.15) is 54.8 Å². The van der Waals surface area contributed by atoms with Gasteiger partial charge in [-0.15, -0.1) is 0 Å². The Bertz CT molecular complexity index is 735. The van der Waals surface area contributed by atoms with Gasteiger partial charge in [-0.2, -0.15) is 0 Å². The number of rotatable bonds is 2. The molecule has 0 amide bonds. The van der Waals surface area contributed by atoms with E-state index in [0.717, 1.165) is 56.6 Å². The first-order valence-electron chi connectivity index (χ1n) is 9.40. The van der Waals surface area contributed by atoms with Crippen LogP contribution in [0.15, 0.2) is 6.07 Å². The van der Waals surface area contributed by atoms with Gasteiger partial charge in [0.15, 0.2) is 11.5 Å². The maximum atomic E-state index is 10.7. The average Bonchev–Trinajstić information content (AvgIpc) is 2.64. The summed E-state index contributed by atoms with van der Waals surface area (Å²) in [5.74, 6) is 0.659. The van der Waals surface area contributed by atoms with Crippen LogP contribution in [0.2, 0.25) is 0 Å². The molecule has 25 heavy (non-hydrogen) atoms. The third-order valence-electron chi connectivity index (χ3n) is 7.23. The van der Waals surface area contributed by atoms with Crippen molar-refractivity contribution in [2.45, 2.75) is 61.9 Å². The Morgan fingerprint density at radius 3 is 2.84 bits per heavy atom. The number of ether oxygens (including phenoxy) is 3. The van der Waals surface area contributed by atoms with E-state index in [1.54, 1.807) is 14.2 Å². The van der Waals surface area contributed by atoms with Gasteiger partial charge in [0.25, 0.3) is 0 Å². The van der Waals surface area contributed by atoms with Gasteiger partial charge in [0.05, 0.1) is 7.11 Å². The van der Waals surface area contributed by atoms with E-state index in [4.69, 9.17) is 14.2 Å². The molecule has 1 spiro atoms. The van der Waals surface area contributed by atoms with E-state index in [2.05, 4.69) is 18.0 Å². The highest BCUT2D eigenvalue weighted by molar-refractivity contribution is 5.62. The molecule has 5 nitrogen and oxygen atoms in total. The monoisotopic (exact) mass is 345 g/mol. The Hall–Kier alpha value is -1.30. The quantitative estimate of drug-likeness (QED) is 0.893. The number of hydrogen-bond donors (Lipinski definition) is 1. The van der Waals surface area contributed by atoms with Crippen molar-refractivity contribution in [2.75, 3.05) is 27.8 Å². The number of methoxy groups -OCH3 is 2. The van der Waals surface area contributed by atoms with Crippen molar-refractivity contribution in [3.05, 3.63) is 22.8 Å². The Kier molecular flexibility index (Phi) is 3.26. The number of fused-ring (bicyclic) bond motifs is 1. The number of benzene rings is 1. The Morgan fingerprint density at radius 1 is 1.28 bits per heavy atom. The molecular formula is C20H27NO4. The summed E-state index contributed by atoms with van der Waals surface area (Å²) >= 11 is 0. The fourth-order valence-corrected chi connectivity index (χ4v) is 5.91. The molecule has 1 aromatic rings. The zero-order valence-corrected chi connectivity index (χ0v) is 15.3. The van der Waals surface area contributed by atoms with Crippen molar-refractivity contribution in [1.29, 1.82) is 0 Å². The predicted molar refractivity (Wildman–Crippen MR) is 93.2 cm³/mol. The average molecular weight is 345 g/mol. The first-order valence-corrected chi connectivity index (χ1v) is 9.40. The van der Waals surface area contributed by atoms with E-state index in [-0.39, 0.29) is 5.41 Å². The second-order valence-corrected chi connectivity index (χ2v) is 8.27. The Labute approximate surface area is 148 Å². The predicted octanol–water partition coefficient (Wildman–Crippen LogP) is 2.54. The van der Waals surface area contributed by atoms with Gasteiger partial charge in [0.2, 0.25) is 5.79 Å². The van der Waals surface area contributed by atoms with Gasteiger partial charge < -0.3 is 19.3 Å². The zero-order valence-electron chi connectivity index (χ0n) is 15.3. The van der Waals surface area contributed by atoms with Crippen molar-refractivity contribution in [3.8, 4) is 11.5 Å². The minimum Gasteiger partial charge on any atom is -0.493 e. The molecule has 0 aromatic heterocycles. The first kappa shape index (κ1) is 15.9. The second kappa shape index (κ2) is 5.12. The van der Waals surface area contributed by atoms with E-state index >= 15 is 0 Å². The van der Waals surface area contributed by atoms with Crippen LogP contribution in [-0.4, -0.2) is 49.7 Å². The van der Waals surface area contributed by atoms with Crippen LogP contribution in [0.5, 0.6) is 11.5 Å². The maximum absolute atomic E-state index is 10.7. The summed E-state index contributed by atoms with van der Waals surface area (Å²) in [6.07, 6.45) is 5.19. The summed E-state index contributed by atoms with van der Waals surface area (Å²) in [7, 11) is 5.59. The lowest BCUT2D eigenvalue weighted by Gasteiger charge is -2.58. The van der Waals surface area contributed by atoms with Crippen molar-refractivity contribution in [3.63, 3.8) is 0 Å². The first-order chi connectivity index (χ1) is 12.0. The van der Waals surface area contributed by atoms with Gasteiger partial charge in [0.1, 0.15) is 6.10 Å². The lowest BCUT2D eigenvalue weighted by atomic mass is 9.57. The third-order valence-corrected chi connectivity index (χ3v) is 7.23. The molecule has 5 rings (SSSR count). The molecular weight excluding hydrogens is 318 g/mol. The molecule has 2 bridgehead atoms. The summed E-state index contributed by atoms with van der Waals surface area (Å²) in [6, 6.07) is 2.63. The molecule has 2 aliphatic heterocycles. The van der Waals surface area contributed by atoms with Crippen LogP contribution in [0.3, 0.4) is 0 Å². The van der Waals surface area contributed by atoms with Crippen LogP contribution >= 0.6 is 0 Å². The van der Waals surface area contributed by atoms with E-state index in [9.17, 15) is 5.11 Å². The molecule has 1 fully saturated rings. The molecule has 136 valence electrons. The summed E-state index contributed by atoms with van der Waals surface area (Å²) in [5.41, 5.74) is 4.27. The lowest BCUT2D eigenvalue weighted by molar-refractivity contribution is -0.262. The van der Waals surface area contributed by atoms with Crippen molar-refractivity contribution >= 4 is 0 Å². The molecule has 4 atom stereocenters. The maximum Gasteiger partial charge on any atom is 0.237 e. The zero-order chi connectivity index (χ0) is 17.4. The highest BCUT2D eigenvalue weighted by atomic mass is 16.7. The van der Waals surface area contributed by atoms with Crippen LogP contribution in [-0.2, 0) is 16.6 Å². The summed E-state index contributed by atoms with van der Waals surface area (Å²) in [4.78, 5) is 2.48.